The minimum atomic E-state index is 0.253. The van der Waals surface area contributed by atoms with E-state index in [0.29, 0.717) is 0 Å². The van der Waals surface area contributed by atoms with Gasteiger partial charge in [-0.25, -0.2) is 0 Å². The molecule has 0 radical (unpaired) electrons. The van der Waals surface area contributed by atoms with Crippen molar-refractivity contribution in [2.24, 2.45) is 5.10 Å². The highest BCUT2D eigenvalue weighted by Crippen LogP contribution is 2.14. The molecule has 86 valence electrons. The number of nitrogens with one attached hydrogen (secondary N) is 1. The molecule has 0 spiro atoms. The van der Waals surface area contributed by atoms with Crippen LogP contribution in [0.4, 0.5) is 5.69 Å². The van der Waals surface area contributed by atoms with Gasteiger partial charge in [0.15, 0.2) is 0 Å². The lowest BCUT2D eigenvalue weighted by Crippen LogP contribution is -1.89. The molecule has 4 heteroatoms. The van der Waals surface area contributed by atoms with Crippen molar-refractivity contribution in [3.63, 3.8) is 0 Å². The first-order valence-electron chi connectivity index (χ1n) is 5.08. The van der Waals surface area contributed by atoms with Gasteiger partial charge in [0.1, 0.15) is 5.75 Å². The van der Waals surface area contributed by atoms with Crippen LogP contribution in [0.15, 0.2) is 58.1 Å². The number of hydrazone groups is 1. The molecule has 0 unspecified atom stereocenters. The number of rotatable bonds is 3. The van der Waals surface area contributed by atoms with Crippen LogP contribution in [0.1, 0.15) is 5.56 Å². The molecule has 0 fully saturated rings. The average Bonchev–Trinajstić information content (AvgIpc) is 2.34. The summed E-state index contributed by atoms with van der Waals surface area (Å²) >= 11 is 3.37. The van der Waals surface area contributed by atoms with E-state index in [1.807, 2.05) is 24.3 Å². The molecule has 17 heavy (non-hydrogen) atoms. The first-order valence-corrected chi connectivity index (χ1v) is 5.87. The second-order valence-electron chi connectivity index (χ2n) is 3.47. The molecule has 0 saturated carbocycles. The summed E-state index contributed by atoms with van der Waals surface area (Å²) in [5, 5.41) is 13.2. The van der Waals surface area contributed by atoms with Crippen LogP contribution in [0, 0.1) is 0 Å². The van der Waals surface area contributed by atoms with Crippen LogP contribution in [0.3, 0.4) is 0 Å². The Hall–Kier alpha value is -1.81. The predicted octanol–water partition coefficient (Wildman–Crippen LogP) is 3.60. The van der Waals surface area contributed by atoms with E-state index in [4.69, 9.17) is 5.11 Å². The van der Waals surface area contributed by atoms with E-state index in [-0.39, 0.29) is 5.75 Å². The van der Waals surface area contributed by atoms with Crippen molar-refractivity contribution in [1.82, 2.24) is 0 Å². The Morgan fingerprint density at radius 1 is 1.00 bits per heavy atom. The number of benzene rings is 2. The van der Waals surface area contributed by atoms with Crippen LogP contribution in [-0.4, -0.2) is 11.3 Å². The Labute approximate surface area is 108 Å². The first kappa shape index (κ1) is 11.7. The Morgan fingerprint density at radius 2 is 1.65 bits per heavy atom. The van der Waals surface area contributed by atoms with Gasteiger partial charge in [0.2, 0.25) is 0 Å². The van der Waals surface area contributed by atoms with Gasteiger partial charge in [-0.2, -0.15) is 5.10 Å². The fraction of sp³-hybridized carbons (Fsp3) is 0. The Bertz CT molecular complexity index is 506. The van der Waals surface area contributed by atoms with Crippen molar-refractivity contribution in [3.8, 4) is 5.75 Å². The second kappa shape index (κ2) is 5.50. The maximum Gasteiger partial charge on any atom is 0.115 e. The molecule has 0 aliphatic carbocycles. The predicted molar refractivity (Wildman–Crippen MR) is 73.5 cm³/mol. The molecule has 2 N–H and O–H groups in total. The molecule has 0 amide bonds. The van der Waals surface area contributed by atoms with Gasteiger partial charge in [-0.1, -0.05) is 15.9 Å². The largest absolute Gasteiger partial charge is 0.508 e. The molecular formula is C13H11BrN2O. The normalized spacial score (nSPS) is 10.6. The van der Waals surface area contributed by atoms with Crippen molar-refractivity contribution >= 4 is 27.8 Å². The number of nitrogens with zero attached hydrogens (tertiary/aromatic N) is 1. The number of aromatic hydroxyl groups is 1. The molecular weight excluding hydrogens is 280 g/mol. The molecule has 0 saturated heterocycles. The van der Waals surface area contributed by atoms with Gasteiger partial charge in [-0.3, -0.25) is 5.43 Å². The molecule has 2 aromatic carbocycles. The quantitative estimate of drug-likeness (QED) is 0.670. The highest BCUT2D eigenvalue weighted by molar-refractivity contribution is 9.10. The molecule has 2 aromatic rings. The third-order valence-electron chi connectivity index (χ3n) is 2.14. The van der Waals surface area contributed by atoms with Crippen molar-refractivity contribution in [2.75, 3.05) is 5.43 Å². The summed E-state index contributed by atoms with van der Waals surface area (Å²) in [6, 6.07) is 14.6. The van der Waals surface area contributed by atoms with Gasteiger partial charge in [0.25, 0.3) is 0 Å². The van der Waals surface area contributed by atoms with E-state index in [1.54, 1.807) is 30.5 Å². The molecule has 3 nitrogen and oxygen atoms in total. The molecule has 0 aromatic heterocycles. The van der Waals surface area contributed by atoms with Crippen LogP contribution in [0.2, 0.25) is 0 Å². The minimum absolute atomic E-state index is 0.253. The Kier molecular flexibility index (Phi) is 3.77. The summed E-state index contributed by atoms with van der Waals surface area (Å²) in [6.07, 6.45) is 1.70. The molecule has 2 rings (SSSR count). The maximum atomic E-state index is 9.12. The SMILES string of the molecule is Oc1ccc(/C=N\Nc2ccc(Br)cc2)cc1. The van der Waals surface area contributed by atoms with Crippen molar-refractivity contribution < 1.29 is 5.11 Å². The van der Waals surface area contributed by atoms with E-state index in [9.17, 15) is 0 Å². The van der Waals surface area contributed by atoms with Gasteiger partial charge in [0, 0.05) is 4.47 Å². The number of hydrogen-bond acceptors (Lipinski definition) is 3. The lowest BCUT2D eigenvalue weighted by molar-refractivity contribution is 0.475. The zero-order valence-corrected chi connectivity index (χ0v) is 10.6. The molecule has 0 bridgehead atoms. The topological polar surface area (TPSA) is 44.6 Å². The minimum Gasteiger partial charge on any atom is -0.508 e. The monoisotopic (exact) mass is 290 g/mol. The first-order chi connectivity index (χ1) is 8.24. The van der Waals surface area contributed by atoms with Gasteiger partial charge < -0.3 is 5.11 Å². The van der Waals surface area contributed by atoms with E-state index in [0.717, 1.165) is 15.7 Å². The number of hydrogen-bond donors (Lipinski definition) is 2. The highest BCUT2D eigenvalue weighted by atomic mass is 79.9. The zero-order chi connectivity index (χ0) is 12.1. The van der Waals surface area contributed by atoms with E-state index < -0.39 is 0 Å². The van der Waals surface area contributed by atoms with Gasteiger partial charge in [-0.05, 0) is 54.1 Å². The summed E-state index contributed by atoms with van der Waals surface area (Å²) in [5.41, 5.74) is 4.76. The fourth-order valence-electron chi connectivity index (χ4n) is 1.27. The third-order valence-corrected chi connectivity index (χ3v) is 2.67. The Morgan fingerprint density at radius 3 is 2.29 bits per heavy atom. The lowest BCUT2D eigenvalue weighted by atomic mass is 10.2. The van der Waals surface area contributed by atoms with Crippen molar-refractivity contribution in [2.45, 2.75) is 0 Å². The number of anilines is 1. The lowest BCUT2D eigenvalue weighted by Gasteiger charge is -1.99. The second-order valence-corrected chi connectivity index (χ2v) is 4.38. The molecule has 0 heterocycles. The standard InChI is InChI=1S/C13H11BrN2O/c14-11-3-5-12(6-4-11)16-15-9-10-1-7-13(17)8-2-10/h1-9,16-17H/b15-9-. The number of phenolic OH excluding ortho intramolecular Hbond substituents is 1. The Balaban J connectivity index is 1.97. The maximum absolute atomic E-state index is 9.12. The van der Waals surface area contributed by atoms with Crippen LogP contribution in [-0.2, 0) is 0 Å². The van der Waals surface area contributed by atoms with Crippen LogP contribution in [0.25, 0.3) is 0 Å². The van der Waals surface area contributed by atoms with Gasteiger partial charge in [-0.15, -0.1) is 0 Å². The van der Waals surface area contributed by atoms with Gasteiger partial charge in [0.05, 0.1) is 11.9 Å². The molecule has 0 aliphatic rings. The fourth-order valence-corrected chi connectivity index (χ4v) is 1.53. The van der Waals surface area contributed by atoms with Crippen LogP contribution < -0.4 is 5.43 Å². The molecule has 0 aliphatic heterocycles. The van der Waals surface area contributed by atoms with Crippen LogP contribution in [0.5, 0.6) is 5.75 Å². The summed E-state index contributed by atoms with van der Waals surface area (Å²) < 4.78 is 1.03. The summed E-state index contributed by atoms with van der Waals surface area (Å²) in [7, 11) is 0. The number of halogens is 1. The third kappa shape index (κ3) is 3.60. The van der Waals surface area contributed by atoms with E-state index >= 15 is 0 Å². The van der Waals surface area contributed by atoms with Gasteiger partial charge >= 0.3 is 0 Å². The summed E-state index contributed by atoms with van der Waals surface area (Å²) in [5.74, 6) is 0.253. The van der Waals surface area contributed by atoms with Crippen molar-refractivity contribution in [3.05, 3.63) is 58.6 Å². The van der Waals surface area contributed by atoms with E-state index in [1.165, 1.54) is 0 Å². The molecule has 0 atom stereocenters. The van der Waals surface area contributed by atoms with Crippen LogP contribution >= 0.6 is 15.9 Å². The summed E-state index contributed by atoms with van der Waals surface area (Å²) in [6.45, 7) is 0. The highest BCUT2D eigenvalue weighted by Gasteiger charge is 1.90. The zero-order valence-electron chi connectivity index (χ0n) is 8.97. The average molecular weight is 291 g/mol. The van der Waals surface area contributed by atoms with E-state index in [2.05, 4.69) is 26.5 Å². The summed E-state index contributed by atoms with van der Waals surface area (Å²) in [4.78, 5) is 0. The number of phenols is 1. The van der Waals surface area contributed by atoms with Crippen molar-refractivity contribution in [1.29, 1.82) is 0 Å². The smallest absolute Gasteiger partial charge is 0.115 e.